The first kappa shape index (κ1) is 37.6. The van der Waals surface area contributed by atoms with Crippen molar-refractivity contribution in [3.63, 3.8) is 0 Å². The maximum atomic E-state index is 6.99. The highest BCUT2D eigenvalue weighted by Crippen LogP contribution is 2.45. The second kappa shape index (κ2) is 18.1. The van der Waals surface area contributed by atoms with Crippen LogP contribution in [0.3, 0.4) is 0 Å². The number of thiophene rings is 1. The topological polar surface area (TPSA) is 13.1 Å². The fourth-order valence-corrected chi connectivity index (χ4v) is 9.51. The van der Waals surface area contributed by atoms with Crippen LogP contribution in [0.15, 0.2) is 114 Å². The standard InChI is InChI=1S/C54H52OS/c1-3-5-7-9-11-15-25-41-29-33-45-47-37-44(32-28-40-23-19-14-20-24-40)52-51(53(47)55-49(45)35-41)43(31-27-39-21-17-13-18-22-39)38-48-46-34-30-42(36-50(46)56-54(48)52)26-16-12-10-8-6-4-2/h13-14,17-24,29-30,33-38H,3-12,15-16,25-26H2,1-2H3. The van der Waals surface area contributed by atoms with Crippen molar-refractivity contribution >= 4 is 64.2 Å². The summed E-state index contributed by atoms with van der Waals surface area (Å²) in [5, 5.41) is 6.95. The molecule has 0 radical (unpaired) electrons. The average Bonchev–Trinajstić information content (AvgIpc) is 3.79. The molecule has 0 unspecified atom stereocenters. The van der Waals surface area contributed by atoms with Gasteiger partial charge in [0.1, 0.15) is 11.2 Å². The van der Waals surface area contributed by atoms with Gasteiger partial charge in [-0.05, 0) is 85.3 Å². The van der Waals surface area contributed by atoms with Gasteiger partial charge in [-0.2, -0.15) is 0 Å². The summed E-state index contributed by atoms with van der Waals surface area (Å²) in [7, 11) is 0. The van der Waals surface area contributed by atoms with Crippen molar-refractivity contribution in [2.75, 3.05) is 0 Å². The van der Waals surface area contributed by atoms with Gasteiger partial charge in [-0.25, -0.2) is 0 Å². The molecule has 8 rings (SSSR count). The highest BCUT2D eigenvalue weighted by Gasteiger charge is 2.21. The van der Waals surface area contributed by atoms with Gasteiger partial charge in [0.2, 0.25) is 0 Å². The third-order valence-corrected chi connectivity index (χ3v) is 12.5. The zero-order chi connectivity index (χ0) is 38.1. The van der Waals surface area contributed by atoms with Crippen LogP contribution in [0.2, 0.25) is 0 Å². The molecule has 1 nitrogen and oxygen atoms in total. The molecule has 0 aliphatic heterocycles. The molecule has 0 fully saturated rings. The summed E-state index contributed by atoms with van der Waals surface area (Å²) in [5.74, 6) is 14.4. The molecule has 0 N–H and O–H groups in total. The van der Waals surface area contributed by atoms with Crippen molar-refractivity contribution in [3.05, 3.63) is 143 Å². The van der Waals surface area contributed by atoms with Gasteiger partial charge >= 0.3 is 0 Å². The fraction of sp³-hybridized carbons (Fsp3) is 0.296. The van der Waals surface area contributed by atoms with Crippen molar-refractivity contribution in [1.29, 1.82) is 0 Å². The van der Waals surface area contributed by atoms with Crippen molar-refractivity contribution in [2.45, 2.75) is 104 Å². The Kier molecular flexibility index (Phi) is 12.2. The highest BCUT2D eigenvalue weighted by molar-refractivity contribution is 7.26. The van der Waals surface area contributed by atoms with Gasteiger partial charge in [0.25, 0.3) is 0 Å². The van der Waals surface area contributed by atoms with Gasteiger partial charge in [0.15, 0.2) is 0 Å². The van der Waals surface area contributed by atoms with E-state index in [1.807, 2.05) is 23.5 Å². The molecule has 0 saturated heterocycles. The largest absolute Gasteiger partial charge is 0.455 e. The molecule has 2 heteroatoms. The van der Waals surface area contributed by atoms with Crippen LogP contribution < -0.4 is 0 Å². The van der Waals surface area contributed by atoms with Crippen LogP contribution in [-0.2, 0) is 12.8 Å². The van der Waals surface area contributed by atoms with E-state index in [0.717, 1.165) is 67.8 Å². The number of fused-ring (bicyclic) bond motifs is 9. The zero-order valence-corrected chi connectivity index (χ0v) is 33.9. The summed E-state index contributed by atoms with van der Waals surface area (Å²) < 4.78 is 9.56. The van der Waals surface area contributed by atoms with Crippen molar-refractivity contribution < 1.29 is 4.42 Å². The summed E-state index contributed by atoms with van der Waals surface area (Å²) in [6.07, 6.45) is 17.8. The lowest BCUT2D eigenvalue weighted by Crippen LogP contribution is -1.88. The third kappa shape index (κ3) is 8.43. The smallest absolute Gasteiger partial charge is 0.144 e. The van der Waals surface area contributed by atoms with E-state index in [1.165, 1.54) is 108 Å². The Morgan fingerprint density at radius 3 is 1.62 bits per heavy atom. The molecule has 0 aliphatic carbocycles. The predicted molar refractivity (Wildman–Crippen MR) is 243 cm³/mol. The molecule has 56 heavy (non-hydrogen) atoms. The Labute approximate surface area is 337 Å². The van der Waals surface area contributed by atoms with Gasteiger partial charge in [-0.1, -0.05) is 162 Å². The molecular weight excluding hydrogens is 697 g/mol. The summed E-state index contributed by atoms with van der Waals surface area (Å²) in [4.78, 5) is 0. The second-order valence-corrected chi connectivity index (χ2v) is 16.5. The van der Waals surface area contributed by atoms with Gasteiger partial charge in [-0.15, -0.1) is 11.3 Å². The molecule has 0 atom stereocenters. The zero-order valence-electron chi connectivity index (χ0n) is 33.1. The lowest BCUT2D eigenvalue weighted by Gasteiger charge is -2.08. The molecule has 8 aromatic rings. The summed E-state index contributed by atoms with van der Waals surface area (Å²) >= 11 is 1.89. The number of benzene rings is 6. The van der Waals surface area contributed by atoms with E-state index in [9.17, 15) is 0 Å². The number of unbranched alkanes of at least 4 members (excludes halogenated alkanes) is 10. The molecule has 0 saturated carbocycles. The first-order valence-corrected chi connectivity index (χ1v) is 22.0. The van der Waals surface area contributed by atoms with Gasteiger partial charge in [0, 0.05) is 64.0 Å². The van der Waals surface area contributed by atoms with Crippen LogP contribution in [0.1, 0.15) is 124 Å². The minimum Gasteiger partial charge on any atom is -0.455 e. The highest BCUT2D eigenvalue weighted by atomic mass is 32.1. The minimum absolute atomic E-state index is 0.900. The fourth-order valence-electron chi connectivity index (χ4n) is 8.20. The Morgan fingerprint density at radius 2 is 1.00 bits per heavy atom. The lowest BCUT2D eigenvalue weighted by molar-refractivity contribution is 0.607. The summed E-state index contributed by atoms with van der Waals surface area (Å²) in [6.45, 7) is 4.56. The van der Waals surface area contributed by atoms with Gasteiger partial charge < -0.3 is 4.42 Å². The van der Waals surface area contributed by atoms with E-state index < -0.39 is 0 Å². The normalized spacial score (nSPS) is 11.4. The number of hydrogen-bond acceptors (Lipinski definition) is 2. The van der Waals surface area contributed by atoms with E-state index in [1.54, 1.807) is 0 Å². The Bertz CT molecular complexity index is 2530. The summed E-state index contributed by atoms with van der Waals surface area (Å²) in [6, 6.07) is 39.2. The first-order valence-electron chi connectivity index (χ1n) is 21.1. The molecular formula is C54H52OS. The van der Waals surface area contributed by atoms with Crippen LogP contribution in [-0.4, -0.2) is 0 Å². The number of aryl methyl sites for hydroxylation is 2. The van der Waals surface area contributed by atoms with E-state index in [0.29, 0.717) is 0 Å². The Hall–Kier alpha value is -5.28. The molecule has 2 aromatic heterocycles. The van der Waals surface area contributed by atoms with Crippen molar-refractivity contribution in [1.82, 2.24) is 0 Å². The molecule has 0 bridgehead atoms. The molecule has 0 spiro atoms. The summed E-state index contributed by atoms with van der Waals surface area (Å²) in [5.41, 5.74) is 8.60. The van der Waals surface area contributed by atoms with Crippen molar-refractivity contribution in [2.24, 2.45) is 0 Å². The molecule has 2 heterocycles. The van der Waals surface area contributed by atoms with E-state index >= 15 is 0 Å². The average molecular weight is 749 g/mol. The van der Waals surface area contributed by atoms with Crippen LogP contribution in [0.5, 0.6) is 0 Å². The van der Waals surface area contributed by atoms with E-state index in [-0.39, 0.29) is 0 Å². The number of hydrogen-bond donors (Lipinski definition) is 0. The molecule has 280 valence electrons. The van der Waals surface area contributed by atoms with Crippen LogP contribution in [0.4, 0.5) is 0 Å². The van der Waals surface area contributed by atoms with E-state index in [2.05, 4.69) is 135 Å². The molecule has 0 aliphatic rings. The van der Waals surface area contributed by atoms with Crippen LogP contribution in [0, 0.1) is 23.7 Å². The molecule has 6 aromatic carbocycles. The molecule has 0 amide bonds. The van der Waals surface area contributed by atoms with Gasteiger partial charge in [0.05, 0.1) is 0 Å². The number of furan rings is 1. The van der Waals surface area contributed by atoms with E-state index in [4.69, 9.17) is 4.42 Å². The van der Waals surface area contributed by atoms with Crippen LogP contribution in [0.25, 0.3) is 52.9 Å². The second-order valence-electron chi connectivity index (χ2n) is 15.5. The van der Waals surface area contributed by atoms with Crippen molar-refractivity contribution in [3.8, 4) is 23.7 Å². The predicted octanol–water partition coefficient (Wildman–Crippen LogP) is 15.7. The van der Waals surface area contributed by atoms with Crippen LogP contribution >= 0.6 is 11.3 Å². The monoisotopic (exact) mass is 748 g/mol. The Morgan fingerprint density at radius 1 is 0.464 bits per heavy atom. The first-order chi connectivity index (χ1) is 27.7. The SMILES string of the molecule is CCCCCCCCc1ccc2c(c1)oc1c2cc(C#Cc2ccccc2)c2c3sc4cc(CCCCCCCC)ccc4c3cc(C#Cc3ccccc3)c12. The van der Waals surface area contributed by atoms with Gasteiger partial charge in [-0.3, -0.25) is 0 Å². The quantitative estimate of drug-likeness (QED) is 0.0797. The maximum absolute atomic E-state index is 6.99. The maximum Gasteiger partial charge on any atom is 0.144 e. The number of rotatable bonds is 14. The minimum atomic E-state index is 0.900. The third-order valence-electron chi connectivity index (χ3n) is 11.3. The lowest BCUT2D eigenvalue weighted by atomic mass is 9.94. The Balaban J connectivity index is 1.31.